The average Bonchev–Trinajstić information content (AvgIpc) is 3.65. The Morgan fingerprint density at radius 3 is 2.78 bits per heavy atom. The van der Waals surface area contributed by atoms with E-state index in [1.54, 1.807) is 19.6 Å². The zero-order chi connectivity index (χ0) is 26.3. The molecule has 0 N–H and O–H groups in total. The van der Waals surface area contributed by atoms with Crippen molar-refractivity contribution in [3.8, 4) is 22.0 Å². The van der Waals surface area contributed by atoms with E-state index < -0.39 is 29.9 Å². The fourth-order valence-electron chi connectivity index (χ4n) is 5.09. The van der Waals surface area contributed by atoms with E-state index in [1.165, 1.54) is 16.2 Å². The summed E-state index contributed by atoms with van der Waals surface area (Å²) < 4.78 is 33.9. The molecule has 1 aromatic carbocycles. The van der Waals surface area contributed by atoms with Crippen LogP contribution in [0.25, 0.3) is 16.3 Å². The number of aromatic nitrogens is 4. The summed E-state index contributed by atoms with van der Waals surface area (Å²) in [6, 6.07) is 4.86. The van der Waals surface area contributed by atoms with Gasteiger partial charge in [0.25, 0.3) is 0 Å². The number of anilines is 1. The molecule has 1 aliphatic carbocycles. The number of nitrogens with zero attached hydrogens (tertiary/aromatic N) is 6. The van der Waals surface area contributed by atoms with Gasteiger partial charge in [-0.05, 0) is 39.3 Å². The fourth-order valence-corrected chi connectivity index (χ4v) is 5.97. The third-order valence-electron chi connectivity index (χ3n) is 6.67. The van der Waals surface area contributed by atoms with Crippen molar-refractivity contribution in [2.75, 3.05) is 32.4 Å². The monoisotopic (exact) mass is 530 g/mol. The van der Waals surface area contributed by atoms with Crippen LogP contribution in [0.3, 0.4) is 0 Å². The summed E-state index contributed by atoms with van der Waals surface area (Å²) in [5.74, 6) is 0.578. The minimum atomic E-state index is -1.21. The summed E-state index contributed by atoms with van der Waals surface area (Å²) in [7, 11) is 3.40. The van der Waals surface area contributed by atoms with Crippen LogP contribution < -0.4 is 9.64 Å². The fraction of sp³-hybridized carbons (Fsp3) is 0.520. The minimum absolute atomic E-state index is 0.0140. The van der Waals surface area contributed by atoms with Crippen molar-refractivity contribution < 1.29 is 23.4 Å². The molecular formula is C25H31FN6O4S. The molecule has 5 rings (SSSR count). The van der Waals surface area contributed by atoms with Crippen LogP contribution in [0.2, 0.25) is 0 Å². The van der Waals surface area contributed by atoms with Crippen LogP contribution >= 0.6 is 11.3 Å². The van der Waals surface area contributed by atoms with Crippen molar-refractivity contribution in [1.29, 1.82) is 0 Å². The topological polar surface area (TPSA) is 94.8 Å². The maximum Gasteiger partial charge on any atom is 0.410 e. The number of ether oxygens (including phenoxy) is 3. The number of hydrogen-bond acceptors (Lipinski definition) is 9. The first-order chi connectivity index (χ1) is 17.7. The first-order valence-corrected chi connectivity index (χ1v) is 12.9. The van der Waals surface area contributed by atoms with Crippen LogP contribution in [-0.2, 0) is 9.47 Å². The van der Waals surface area contributed by atoms with Crippen LogP contribution in [0.5, 0.6) is 5.75 Å². The third kappa shape index (κ3) is 4.99. The van der Waals surface area contributed by atoms with Gasteiger partial charge >= 0.3 is 6.09 Å². The van der Waals surface area contributed by atoms with Gasteiger partial charge in [-0.25, -0.2) is 14.2 Å². The smallest absolute Gasteiger partial charge is 0.410 e. The number of rotatable bonds is 7. The number of carbonyl (C=O) groups excluding carboxylic acids is 1. The van der Waals surface area contributed by atoms with Gasteiger partial charge in [0.1, 0.15) is 17.5 Å². The molecule has 2 fully saturated rings. The first-order valence-electron chi connectivity index (χ1n) is 12.1. The van der Waals surface area contributed by atoms with Crippen molar-refractivity contribution in [1.82, 2.24) is 24.6 Å². The van der Waals surface area contributed by atoms with E-state index in [-0.39, 0.29) is 12.7 Å². The molecule has 12 heteroatoms. The zero-order valence-corrected chi connectivity index (χ0v) is 22.3. The highest BCUT2D eigenvalue weighted by Crippen LogP contribution is 2.45. The number of halogens is 1. The van der Waals surface area contributed by atoms with Crippen molar-refractivity contribution in [3.63, 3.8) is 0 Å². The van der Waals surface area contributed by atoms with Crippen molar-refractivity contribution in [2.45, 2.75) is 51.0 Å². The van der Waals surface area contributed by atoms with E-state index in [4.69, 9.17) is 14.2 Å². The Bertz CT molecular complexity index is 1240. The summed E-state index contributed by atoms with van der Waals surface area (Å²) in [4.78, 5) is 20.1. The maximum absolute atomic E-state index is 15.6. The summed E-state index contributed by atoms with van der Waals surface area (Å²) in [5, 5.41) is 10.0. The predicted octanol–water partition coefficient (Wildman–Crippen LogP) is 4.16. The van der Waals surface area contributed by atoms with Crippen molar-refractivity contribution in [2.24, 2.45) is 5.92 Å². The SMILES string of the molecule is COCOc1cc(-n2ccnc2)ccc1-c1nnc(N(C)[C@@H]2C3CC([C@H]2F)N(C(=O)OC(C)(C)C)C3)s1. The molecule has 2 aliphatic rings. The van der Waals surface area contributed by atoms with Gasteiger partial charge in [-0.15, -0.1) is 10.2 Å². The molecule has 1 saturated heterocycles. The summed E-state index contributed by atoms with van der Waals surface area (Å²) >= 11 is 1.37. The van der Waals surface area contributed by atoms with E-state index in [0.717, 1.165) is 11.3 Å². The normalized spacial score (nSPS) is 22.9. The molecule has 37 heavy (non-hydrogen) atoms. The highest BCUT2D eigenvalue weighted by Gasteiger charge is 2.56. The van der Waals surface area contributed by atoms with Gasteiger partial charge in [-0.1, -0.05) is 11.3 Å². The maximum atomic E-state index is 15.6. The minimum Gasteiger partial charge on any atom is -0.467 e. The number of imidazole rings is 1. The molecule has 2 aromatic heterocycles. The van der Waals surface area contributed by atoms with Crippen LogP contribution in [0, 0.1) is 5.92 Å². The molecule has 0 radical (unpaired) electrons. The molecule has 10 nitrogen and oxygen atoms in total. The van der Waals surface area contributed by atoms with E-state index in [9.17, 15) is 4.79 Å². The number of carbonyl (C=O) groups is 1. The number of alkyl halides is 1. The number of benzene rings is 1. The molecule has 198 valence electrons. The largest absolute Gasteiger partial charge is 0.467 e. The Balaban J connectivity index is 1.34. The van der Waals surface area contributed by atoms with Crippen LogP contribution in [0.4, 0.5) is 14.3 Å². The number of piperidine rings is 1. The molecule has 0 spiro atoms. The molecule has 4 atom stereocenters. The lowest BCUT2D eigenvalue weighted by Crippen LogP contribution is -2.55. The van der Waals surface area contributed by atoms with Gasteiger partial charge < -0.3 is 28.6 Å². The molecule has 1 aliphatic heterocycles. The molecule has 2 unspecified atom stereocenters. The van der Waals surface area contributed by atoms with Crippen molar-refractivity contribution in [3.05, 3.63) is 36.9 Å². The first kappa shape index (κ1) is 25.4. The number of methoxy groups -OCH3 is 1. The Labute approximate surface area is 219 Å². The number of amides is 1. The number of hydrogen-bond donors (Lipinski definition) is 0. The highest BCUT2D eigenvalue weighted by atomic mass is 32.1. The predicted molar refractivity (Wildman–Crippen MR) is 137 cm³/mol. The Morgan fingerprint density at radius 1 is 1.30 bits per heavy atom. The number of fused-ring (bicyclic) bond motifs is 2. The summed E-state index contributed by atoms with van der Waals surface area (Å²) in [6.07, 6.45) is 4.20. The Morgan fingerprint density at radius 2 is 2.11 bits per heavy atom. The lowest BCUT2D eigenvalue weighted by atomic mass is 10.0. The standard InChI is InChI=1S/C25H31FN6O4S/c1-25(2,3)36-24(33)32-12-15-10-18(32)20(26)21(15)30(4)23-29-28-22(37-23)17-7-6-16(31-9-8-27-13-31)11-19(17)35-14-34-5/h6-9,11,13,15,18,20-21H,10,12,14H2,1-5H3/t15?,18?,20-,21-/m1/s1. The van der Waals surface area contributed by atoms with E-state index in [1.807, 2.05) is 61.7 Å². The number of likely N-dealkylation sites (tertiary alicyclic amines) is 1. The van der Waals surface area contributed by atoms with E-state index in [2.05, 4.69) is 15.2 Å². The molecule has 3 aromatic rings. The van der Waals surface area contributed by atoms with Gasteiger partial charge in [0.05, 0.1) is 29.7 Å². The summed E-state index contributed by atoms with van der Waals surface area (Å²) in [5.41, 5.74) is 1.03. The quantitative estimate of drug-likeness (QED) is 0.421. The molecule has 2 bridgehead atoms. The van der Waals surface area contributed by atoms with Crippen LogP contribution in [0.1, 0.15) is 27.2 Å². The highest BCUT2D eigenvalue weighted by molar-refractivity contribution is 7.18. The van der Waals surface area contributed by atoms with E-state index in [0.29, 0.717) is 28.9 Å². The molecule has 3 heterocycles. The van der Waals surface area contributed by atoms with Gasteiger partial charge in [0.15, 0.2) is 11.8 Å². The zero-order valence-electron chi connectivity index (χ0n) is 21.5. The molecular weight excluding hydrogens is 499 g/mol. The lowest BCUT2D eigenvalue weighted by molar-refractivity contribution is 0.00745. The average molecular weight is 531 g/mol. The van der Waals surface area contributed by atoms with E-state index >= 15 is 4.39 Å². The van der Waals surface area contributed by atoms with Crippen LogP contribution in [0.15, 0.2) is 36.9 Å². The van der Waals surface area contributed by atoms with Gasteiger partial charge in [-0.2, -0.15) is 0 Å². The Kier molecular flexibility index (Phi) is 6.80. The third-order valence-corrected chi connectivity index (χ3v) is 7.72. The summed E-state index contributed by atoms with van der Waals surface area (Å²) in [6.45, 7) is 5.98. The van der Waals surface area contributed by atoms with Crippen LogP contribution in [-0.4, -0.2) is 82.1 Å². The second kappa shape index (κ2) is 9.90. The van der Waals surface area contributed by atoms with Gasteiger partial charge in [-0.3, -0.25) is 0 Å². The second-order valence-corrected chi connectivity index (χ2v) is 11.3. The lowest BCUT2D eigenvalue weighted by Gasteiger charge is -2.38. The molecule has 1 amide bonds. The second-order valence-electron chi connectivity index (χ2n) is 10.3. The van der Waals surface area contributed by atoms with Gasteiger partial charge in [0.2, 0.25) is 5.13 Å². The van der Waals surface area contributed by atoms with Gasteiger partial charge in [0, 0.05) is 45.1 Å². The Hall–Kier alpha value is -3.25. The molecule has 1 saturated carbocycles. The van der Waals surface area contributed by atoms with Crippen molar-refractivity contribution >= 4 is 22.6 Å².